The summed E-state index contributed by atoms with van der Waals surface area (Å²) in [6.45, 7) is 1.94. The number of carbonyl (C=O) groups excluding carboxylic acids is 1. The first-order chi connectivity index (χ1) is 10.0. The SMILES string of the molecule is Cc1csc(C(=O)N2C(C(=O)O)CC3CCCCC32)c1Br. The van der Waals surface area contributed by atoms with E-state index in [2.05, 4.69) is 15.9 Å². The second-order valence-corrected chi connectivity index (χ2v) is 7.65. The highest BCUT2D eigenvalue weighted by Crippen LogP contribution is 2.42. The number of hydrogen-bond donors (Lipinski definition) is 1. The monoisotopic (exact) mass is 371 g/mol. The van der Waals surface area contributed by atoms with E-state index < -0.39 is 12.0 Å². The van der Waals surface area contributed by atoms with Gasteiger partial charge in [-0.1, -0.05) is 12.8 Å². The van der Waals surface area contributed by atoms with E-state index in [1.165, 1.54) is 11.3 Å². The third-order valence-electron chi connectivity index (χ3n) is 4.70. The molecule has 0 bridgehead atoms. The predicted octanol–water partition coefficient (Wildman–Crippen LogP) is 3.68. The maximum Gasteiger partial charge on any atom is 0.326 e. The van der Waals surface area contributed by atoms with Crippen molar-refractivity contribution in [3.63, 3.8) is 0 Å². The van der Waals surface area contributed by atoms with Gasteiger partial charge in [0.2, 0.25) is 0 Å². The molecular weight excluding hydrogens is 354 g/mol. The number of halogens is 1. The van der Waals surface area contributed by atoms with Crippen LogP contribution in [0.15, 0.2) is 9.85 Å². The summed E-state index contributed by atoms with van der Waals surface area (Å²) in [7, 11) is 0. The van der Waals surface area contributed by atoms with Gasteiger partial charge in [-0.25, -0.2) is 4.79 Å². The Labute approximate surface area is 136 Å². The van der Waals surface area contributed by atoms with Gasteiger partial charge >= 0.3 is 5.97 Å². The van der Waals surface area contributed by atoms with Crippen molar-refractivity contribution in [3.05, 3.63) is 20.3 Å². The summed E-state index contributed by atoms with van der Waals surface area (Å²) < 4.78 is 0.806. The number of hydrogen-bond acceptors (Lipinski definition) is 3. The van der Waals surface area contributed by atoms with Gasteiger partial charge in [-0.05, 0) is 59.0 Å². The third kappa shape index (κ3) is 2.52. The third-order valence-corrected chi connectivity index (χ3v) is 7.07. The number of aliphatic carboxylic acids is 1. The molecule has 114 valence electrons. The Morgan fingerprint density at radius 3 is 2.71 bits per heavy atom. The van der Waals surface area contributed by atoms with Gasteiger partial charge in [0.1, 0.15) is 10.9 Å². The molecule has 1 aromatic rings. The summed E-state index contributed by atoms with van der Waals surface area (Å²) in [6.07, 6.45) is 4.82. The number of aryl methyl sites for hydroxylation is 1. The molecule has 1 aliphatic carbocycles. The number of rotatable bonds is 2. The molecule has 1 saturated carbocycles. The van der Waals surface area contributed by atoms with E-state index in [9.17, 15) is 14.7 Å². The molecule has 1 aliphatic heterocycles. The lowest BCUT2D eigenvalue weighted by atomic mass is 9.85. The van der Waals surface area contributed by atoms with Crippen LogP contribution in [0, 0.1) is 12.8 Å². The normalized spacial score (nSPS) is 28.5. The lowest BCUT2D eigenvalue weighted by molar-refractivity contribution is -0.141. The zero-order valence-corrected chi connectivity index (χ0v) is 14.2. The van der Waals surface area contributed by atoms with Crippen LogP contribution in [0.5, 0.6) is 0 Å². The Balaban J connectivity index is 1.94. The van der Waals surface area contributed by atoms with Crippen molar-refractivity contribution in [1.82, 2.24) is 4.90 Å². The van der Waals surface area contributed by atoms with E-state index in [0.717, 1.165) is 35.7 Å². The van der Waals surface area contributed by atoms with Gasteiger partial charge < -0.3 is 10.0 Å². The maximum atomic E-state index is 12.9. The Hall–Kier alpha value is -0.880. The van der Waals surface area contributed by atoms with Crippen LogP contribution in [-0.2, 0) is 4.79 Å². The minimum absolute atomic E-state index is 0.0988. The summed E-state index contributed by atoms with van der Waals surface area (Å²) in [5.74, 6) is -0.646. The molecule has 3 rings (SSSR count). The average molecular weight is 372 g/mol. The predicted molar refractivity (Wildman–Crippen MR) is 84.7 cm³/mol. The quantitative estimate of drug-likeness (QED) is 0.862. The van der Waals surface area contributed by atoms with Crippen LogP contribution in [0.25, 0.3) is 0 Å². The van der Waals surface area contributed by atoms with Crippen LogP contribution in [0.4, 0.5) is 0 Å². The first-order valence-electron chi connectivity index (χ1n) is 7.29. The molecule has 2 aliphatic rings. The average Bonchev–Trinajstić information content (AvgIpc) is 3.00. The van der Waals surface area contributed by atoms with Gasteiger partial charge in [0.05, 0.1) is 0 Å². The fourth-order valence-electron chi connectivity index (χ4n) is 3.66. The molecule has 3 atom stereocenters. The maximum absolute atomic E-state index is 12.9. The molecule has 0 radical (unpaired) electrons. The molecule has 2 fully saturated rings. The van der Waals surface area contributed by atoms with Crippen LogP contribution in [0.2, 0.25) is 0 Å². The lowest BCUT2D eigenvalue weighted by Gasteiger charge is -2.32. The van der Waals surface area contributed by atoms with Gasteiger partial charge in [-0.3, -0.25) is 4.79 Å². The molecule has 3 unspecified atom stereocenters. The van der Waals surface area contributed by atoms with Crippen molar-refractivity contribution in [3.8, 4) is 0 Å². The first-order valence-corrected chi connectivity index (χ1v) is 8.97. The number of carboxylic acids is 1. The van der Waals surface area contributed by atoms with E-state index in [0.29, 0.717) is 17.2 Å². The summed E-state index contributed by atoms with van der Waals surface area (Å²) in [5, 5.41) is 11.4. The van der Waals surface area contributed by atoms with E-state index in [4.69, 9.17) is 0 Å². The minimum Gasteiger partial charge on any atom is -0.480 e. The largest absolute Gasteiger partial charge is 0.480 e. The second-order valence-electron chi connectivity index (χ2n) is 5.98. The van der Waals surface area contributed by atoms with E-state index >= 15 is 0 Å². The Bertz CT molecular complexity index is 585. The van der Waals surface area contributed by atoms with Crippen LogP contribution >= 0.6 is 27.3 Å². The molecule has 1 N–H and O–H groups in total. The first kappa shape index (κ1) is 15.0. The summed E-state index contributed by atoms with van der Waals surface area (Å²) in [4.78, 5) is 26.8. The van der Waals surface area contributed by atoms with Crippen molar-refractivity contribution in [2.45, 2.75) is 51.1 Å². The van der Waals surface area contributed by atoms with Gasteiger partial charge in [0.25, 0.3) is 5.91 Å². The smallest absolute Gasteiger partial charge is 0.326 e. The molecule has 2 heterocycles. The molecule has 21 heavy (non-hydrogen) atoms. The number of nitrogens with zero attached hydrogens (tertiary/aromatic N) is 1. The van der Waals surface area contributed by atoms with Crippen molar-refractivity contribution in [1.29, 1.82) is 0 Å². The fourth-order valence-corrected chi connectivity index (χ4v) is 5.26. The molecule has 1 aromatic heterocycles. The van der Waals surface area contributed by atoms with E-state index in [1.807, 2.05) is 12.3 Å². The molecule has 0 spiro atoms. The minimum atomic E-state index is -0.873. The van der Waals surface area contributed by atoms with Crippen molar-refractivity contribution < 1.29 is 14.7 Å². The summed E-state index contributed by atoms with van der Waals surface area (Å²) >= 11 is 4.85. The Kier molecular flexibility index (Phi) is 4.10. The molecule has 0 aromatic carbocycles. The Morgan fingerprint density at radius 2 is 2.10 bits per heavy atom. The van der Waals surface area contributed by atoms with Gasteiger partial charge in [-0.15, -0.1) is 11.3 Å². The highest BCUT2D eigenvalue weighted by molar-refractivity contribution is 9.10. The van der Waals surface area contributed by atoms with E-state index in [-0.39, 0.29) is 11.9 Å². The highest BCUT2D eigenvalue weighted by atomic mass is 79.9. The van der Waals surface area contributed by atoms with Crippen molar-refractivity contribution >= 4 is 39.1 Å². The van der Waals surface area contributed by atoms with Gasteiger partial charge in [0, 0.05) is 10.5 Å². The van der Waals surface area contributed by atoms with Crippen LogP contribution in [-0.4, -0.2) is 34.0 Å². The molecular formula is C15H18BrNO3S. The highest BCUT2D eigenvalue weighted by Gasteiger charge is 2.48. The number of amides is 1. The zero-order chi connectivity index (χ0) is 15.1. The van der Waals surface area contributed by atoms with E-state index in [1.54, 1.807) is 4.90 Å². The zero-order valence-electron chi connectivity index (χ0n) is 11.8. The van der Waals surface area contributed by atoms with Crippen molar-refractivity contribution in [2.24, 2.45) is 5.92 Å². The Morgan fingerprint density at radius 1 is 1.38 bits per heavy atom. The molecule has 6 heteroatoms. The van der Waals surface area contributed by atoms with Gasteiger partial charge in [0.15, 0.2) is 0 Å². The summed E-state index contributed by atoms with van der Waals surface area (Å²) in [5.41, 5.74) is 1.02. The van der Waals surface area contributed by atoms with Crippen LogP contribution in [0.1, 0.15) is 47.3 Å². The van der Waals surface area contributed by atoms with Crippen LogP contribution in [0.3, 0.4) is 0 Å². The topological polar surface area (TPSA) is 57.6 Å². The van der Waals surface area contributed by atoms with Crippen LogP contribution < -0.4 is 0 Å². The van der Waals surface area contributed by atoms with Crippen molar-refractivity contribution in [2.75, 3.05) is 0 Å². The second kappa shape index (κ2) is 5.72. The molecule has 4 nitrogen and oxygen atoms in total. The number of fused-ring (bicyclic) bond motifs is 1. The summed E-state index contributed by atoms with van der Waals surface area (Å²) in [6, 6.07) is -0.568. The number of thiophene rings is 1. The standard InChI is InChI=1S/C15H18BrNO3S/c1-8-7-21-13(12(8)16)14(18)17-10-5-3-2-4-9(10)6-11(17)15(19)20/h7,9-11H,2-6H2,1H3,(H,19,20). The fraction of sp³-hybridized carbons (Fsp3) is 0.600. The number of likely N-dealkylation sites (tertiary alicyclic amines) is 1. The van der Waals surface area contributed by atoms with Gasteiger partial charge in [-0.2, -0.15) is 0 Å². The number of carboxylic acid groups (broad SMARTS) is 1. The number of carbonyl (C=O) groups is 2. The molecule has 1 saturated heterocycles. The lowest BCUT2D eigenvalue weighted by Crippen LogP contribution is -2.46. The molecule has 1 amide bonds.